The third kappa shape index (κ3) is 4.26. The summed E-state index contributed by atoms with van der Waals surface area (Å²) in [5.74, 6) is 0.345. The maximum atomic E-state index is 12.9. The number of allylic oxidation sites excluding steroid dienone is 3. The molecule has 2 bridgehead atoms. The molecule has 1 saturated heterocycles. The van der Waals surface area contributed by atoms with Gasteiger partial charge in [0.15, 0.2) is 11.5 Å². The highest BCUT2D eigenvalue weighted by Gasteiger charge is 2.59. The number of nitrogens with zero attached hydrogens (tertiary/aromatic N) is 2. The molecule has 2 aromatic carbocycles. The van der Waals surface area contributed by atoms with Crippen molar-refractivity contribution in [3.05, 3.63) is 81.9 Å². The molecule has 1 aliphatic heterocycles. The second-order valence-electron chi connectivity index (χ2n) is 8.96. The number of halogens is 2. The fourth-order valence-electron chi connectivity index (χ4n) is 5.29. The van der Waals surface area contributed by atoms with Gasteiger partial charge in [0, 0.05) is 21.2 Å². The molecule has 35 heavy (non-hydrogen) atoms. The summed E-state index contributed by atoms with van der Waals surface area (Å²) in [6.07, 6.45) is 8.80. The van der Waals surface area contributed by atoms with Gasteiger partial charge in [-0.2, -0.15) is 10.1 Å². The Balaban J connectivity index is 1.39. The molecule has 2 amide bonds. The van der Waals surface area contributed by atoms with Crippen molar-refractivity contribution < 1.29 is 19.1 Å². The summed E-state index contributed by atoms with van der Waals surface area (Å²) in [7, 11) is 1.55. The number of ether oxygens (including phenoxy) is 2. The van der Waals surface area contributed by atoms with E-state index in [1.807, 2.05) is 12.1 Å². The Hall–Kier alpha value is -3.09. The Kier molecular flexibility index (Phi) is 6.43. The molecule has 0 unspecified atom stereocenters. The number of methoxy groups -OCH3 is 1. The second-order valence-corrected chi connectivity index (χ2v) is 9.80. The van der Waals surface area contributed by atoms with Gasteiger partial charge in [0.1, 0.15) is 6.61 Å². The molecule has 8 heteroatoms. The quantitative estimate of drug-likeness (QED) is 0.269. The predicted octanol–water partition coefficient (Wildman–Crippen LogP) is 5.45. The normalized spacial score (nSPS) is 24.5. The van der Waals surface area contributed by atoms with Gasteiger partial charge >= 0.3 is 0 Å². The predicted molar refractivity (Wildman–Crippen MR) is 135 cm³/mol. The molecule has 4 atom stereocenters. The Labute approximate surface area is 213 Å². The average Bonchev–Trinajstić information content (AvgIpc) is 3.52. The first-order valence-electron chi connectivity index (χ1n) is 11.4. The minimum absolute atomic E-state index is 0.145. The molecule has 180 valence electrons. The van der Waals surface area contributed by atoms with E-state index in [9.17, 15) is 9.59 Å². The molecule has 0 radical (unpaired) electrons. The number of hydrogen-bond donors (Lipinski definition) is 0. The lowest BCUT2D eigenvalue weighted by Crippen LogP contribution is -2.28. The zero-order valence-corrected chi connectivity index (χ0v) is 20.6. The Bertz CT molecular complexity index is 1240. The molecular formula is C27H24Cl2N2O4. The molecule has 0 N–H and O–H groups in total. The number of carbonyl (C=O) groups is 2. The zero-order valence-electron chi connectivity index (χ0n) is 19.1. The highest BCUT2D eigenvalue weighted by Crippen LogP contribution is 2.52. The minimum Gasteiger partial charge on any atom is -0.493 e. The fourth-order valence-corrected chi connectivity index (χ4v) is 5.76. The minimum atomic E-state index is -0.281. The van der Waals surface area contributed by atoms with Crippen LogP contribution in [0.1, 0.15) is 23.1 Å². The number of imide groups is 1. The maximum absolute atomic E-state index is 12.9. The molecule has 3 aliphatic rings. The third-order valence-electron chi connectivity index (χ3n) is 6.89. The summed E-state index contributed by atoms with van der Waals surface area (Å²) < 4.78 is 11.7. The molecule has 2 aromatic rings. The largest absolute Gasteiger partial charge is 0.493 e. The van der Waals surface area contributed by atoms with Crippen LogP contribution in [0.4, 0.5) is 0 Å². The molecule has 5 rings (SSSR count). The first-order chi connectivity index (χ1) is 16.9. The van der Waals surface area contributed by atoms with Crippen molar-refractivity contribution in [2.45, 2.75) is 19.4 Å². The van der Waals surface area contributed by atoms with Crippen LogP contribution in [0.5, 0.6) is 11.5 Å². The van der Waals surface area contributed by atoms with Crippen molar-refractivity contribution in [1.82, 2.24) is 5.01 Å². The topological polar surface area (TPSA) is 68.2 Å². The van der Waals surface area contributed by atoms with Gasteiger partial charge in [0.2, 0.25) is 0 Å². The monoisotopic (exact) mass is 510 g/mol. The van der Waals surface area contributed by atoms with E-state index in [4.69, 9.17) is 32.7 Å². The van der Waals surface area contributed by atoms with Gasteiger partial charge in [-0.05, 0) is 54.5 Å². The van der Waals surface area contributed by atoms with Crippen LogP contribution in [-0.2, 0) is 22.6 Å². The number of fused-ring (bicyclic) bond motifs is 5. The van der Waals surface area contributed by atoms with Crippen molar-refractivity contribution in [2.24, 2.45) is 28.8 Å². The first-order valence-corrected chi connectivity index (χ1v) is 12.2. The lowest BCUT2D eigenvalue weighted by Gasteiger charge is -2.16. The average molecular weight is 511 g/mol. The SMILES string of the molecule is C=CCc1cc(C=NN2C(=O)[C@@H]3[C@H](C2=O)[C@H]2C=C[C@H]3C2)cc(OC)c1OCc1ccc(Cl)cc1Cl. The molecule has 0 aromatic heterocycles. The lowest BCUT2D eigenvalue weighted by atomic mass is 9.85. The summed E-state index contributed by atoms with van der Waals surface area (Å²) in [6.45, 7) is 4.06. The highest BCUT2D eigenvalue weighted by atomic mass is 35.5. The molecule has 1 saturated carbocycles. The Morgan fingerprint density at radius 3 is 2.43 bits per heavy atom. The Morgan fingerprint density at radius 1 is 1.09 bits per heavy atom. The van der Waals surface area contributed by atoms with Gasteiger partial charge < -0.3 is 9.47 Å². The van der Waals surface area contributed by atoms with Gasteiger partial charge in [0.25, 0.3) is 11.8 Å². The van der Waals surface area contributed by atoms with Crippen LogP contribution in [0.25, 0.3) is 0 Å². The van der Waals surface area contributed by atoms with Crippen LogP contribution < -0.4 is 9.47 Å². The molecule has 2 aliphatic carbocycles. The van der Waals surface area contributed by atoms with Crippen molar-refractivity contribution in [3.63, 3.8) is 0 Å². The zero-order chi connectivity index (χ0) is 24.7. The maximum Gasteiger partial charge on any atom is 0.254 e. The van der Waals surface area contributed by atoms with E-state index < -0.39 is 0 Å². The van der Waals surface area contributed by atoms with Crippen LogP contribution in [0.2, 0.25) is 10.0 Å². The summed E-state index contributed by atoms with van der Waals surface area (Å²) >= 11 is 12.3. The van der Waals surface area contributed by atoms with Crippen LogP contribution in [-0.4, -0.2) is 30.1 Å². The third-order valence-corrected chi connectivity index (χ3v) is 7.48. The Morgan fingerprint density at radius 2 is 1.80 bits per heavy atom. The summed E-state index contributed by atoms with van der Waals surface area (Å²) in [4.78, 5) is 25.8. The van der Waals surface area contributed by atoms with Crippen molar-refractivity contribution in [3.8, 4) is 11.5 Å². The summed E-state index contributed by atoms with van der Waals surface area (Å²) in [5, 5.41) is 6.38. The lowest BCUT2D eigenvalue weighted by molar-refractivity contribution is -0.140. The van der Waals surface area contributed by atoms with E-state index in [-0.39, 0.29) is 42.1 Å². The van der Waals surface area contributed by atoms with Crippen LogP contribution in [0, 0.1) is 23.7 Å². The standard InChI is InChI=1S/C27H24Cl2N2O4/c1-3-4-18-9-15(10-22(34-2)25(18)35-14-19-7-8-20(28)12-21(19)29)13-30-31-26(32)23-16-5-6-17(11-16)24(23)27(31)33/h3,5-10,12-13,16-17,23-24H,1,4,11,14H2,2H3/t16-,17-,23-,24+/m0/s1. The van der Waals surface area contributed by atoms with E-state index in [1.165, 1.54) is 6.21 Å². The van der Waals surface area contributed by atoms with Gasteiger partial charge in [0.05, 0.1) is 25.2 Å². The van der Waals surface area contributed by atoms with Gasteiger partial charge in [-0.25, -0.2) is 0 Å². The molecule has 1 heterocycles. The number of rotatable bonds is 8. The van der Waals surface area contributed by atoms with Crippen LogP contribution >= 0.6 is 23.2 Å². The van der Waals surface area contributed by atoms with E-state index in [0.29, 0.717) is 33.5 Å². The van der Waals surface area contributed by atoms with Gasteiger partial charge in [-0.15, -0.1) is 6.58 Å². The van der Waals surface area contributed by atoms with Crippen molar-refractivity contribution in [2.75, 3.05) is 7.11 Å². The number of hydrogen-bond acceptors (Lipinski definition) is 5. The van der Waals surface area contributed by atoms with Crippen LogP contribution in [0.15, 0.2) is 60.2 Å². The second kappa shape index (κ2) is 9.51. The molecular weight excluding hydrogens is 487 g/mol. The summed E-state index contributed by atoms with van der Waals surface area (Å²) in [5.41, 5.74) is 2.28. The first kappa shape index (κ1) is 23.6. The number of carbonyl (C=O) groups excluding carboxylic acids is 2. The highest BCUT2D eigenvalue weighted by molar-refractivity contribution is 6.35. The van der Waals surface area contributed by atoms with E-state index in [2.05, 4.69) is 23.8 Å². The number of amides is 2. The smallest absolute Gasteiger partial charge is 0.254 e. The molecule has 6 nitrogen and oxygen atoms in total. The van der Waals surface area contributed by atoms with Gasteiger partial charge in [-0.1, -0.05) is 47.5 Å². The van der Waals surface area contributed by atoms with E-state index >= 15 is 0 Å². The van der Waals surface area contributed by atoms with Crippen molar-refractivity contribution >= 4 is 41.2 Å². The summed E-state index contributed by atoms with van der Waals surface area (Å²) in [6, 6.07) is 8.87. The number of benzene rings is 2. The van der Waals surface area contributed by atoms with Crippen LogP contribution in [0.3, 0.4) is 0 Å². The molecule has 2 fully saturated rings. The van der Waals surface area contributed by atoms with Crippen molar-refractivity contribution in [1.29, 1.82) is 0 Å². The van der Waals surface area contributed by atoms with E-state index in [1.54, 1.807) is 31.4 Å². The fraction of sp³-hybridized carbons (Fsp3) is 0.296. The van der Waals surface area contributed by atoms with Gasteiger partial charge in [-0.3, -0.25) is 9.59 Å². The van der Waals surface area contributed by atoms with E-state index in [0.717, 1.165) is 22.6 Å². The molecule has 0 spiro atoms. The number of hydrazone groups is 1.